The molecule has 0 heterocycles. The van der Waals surface area contributed by atoms with Crippen LogP contribution in [0, 0.1) is 0 Å². The van der Waals surface area contributed by atoms with Crippen molar-refractivity contribution < 1.29 is 23.7 Å². The summed E-state index contributed by atoms with van der Waals surface area (Å²) in [6, 6.07) is 18.4. The first-order valence-corrected chi connectivity index (χ1v) is 11.7. The first-order chi connectivity index (χ1) is 17.0. The Morgan fingerprint density at radius 2 is 1.83 bits per heavy atom. The van der Waals surface area contributed by atoms with Crippen LogP contribution in [0.3, 0.4) is 0 Å². The Balaban J connectivity index is 1.68. The van der Waals surface area contributed by atoms with Crippen LogP contribution in [-0.4, -0.2) is 32.4 Å². The van der Waals surface area contributed by atoms with Crippen LogP contribution in [0.25, 0.3) is 0 Å². The van der Waals surface area contributed by atoms with Crippen molar-refractivity contribution >= 4 is 28.1 Å². The van der Waals surface area contributed by atoms with Crippen LogP contribution >= 0.6 is 15.9 Å². The summed E-state index contributed by atoms with van der Waals surface area (Å²) in [6.07, 6.45) is 3.17. The van der Waals surface area contributed by atoms with Crippen LogP contribution in [0.5, 0.6) is 23.0 Å². The van der Waals surface area contributed by atoms with Crippen molar-refractivity contribution in [2.45, 2.75) is 13.5 Å². The van der Waals surface area contributed by atoms with E-state index in [1.165, 1.54) is 6.21 Å². The molecule has 7 nitrogen and oxygen atoms in total. The van der Waals surface area contributed by atoms with Crippen molar-refractivity contribution in [2.24, 2.45) is 5.10 Å². The molecular formula is C27H27BrN2O5. The molecule has 0 fully saturated rings. The number of carbonyl (C=O) groups is 1. The summed E-state index contributed by atoms with van der Waals surface area (Å²) < 4.78 is 23.3. The first-order valence-electron chi connectivity index (χ1n) is 10.9. The Bertz CT molecular complexity index is 1180. The van der Waals surface area contributed by atoms with E-state index in [1.54, 1.807) is 37.5 Å². The molecule has 1 N–H and O–H groups in total. The Morgan fingerprint density at radius 3 is 2.54 bits per heavy atom. The van der Waals surface area contributed by atoms with Gasteiger partial charge in [-0.3, -0.25) is 4.79 Å². The molecule has 8 heteroatoms. The highest BCUT2D eigenvalue weighted by Crippen LogP contribution is 2.36. The molecule has 0 unspecified atom stereocenters. The predicted molar refractivity (Wildman–Crippen MR) is 140 cm³/mol. The highest BCUT2D eigenvalue weighted by atomic mass is 79.9. The molecule has 0 aromatic heterocycles. The van der Waals surface area contributed by atoms with Gasteiger partial charge in [-0.15, -0.1) is 0 Å². The van der Waals surface area contributed by atoms with Crippen LogP contribution < -0.4 is 24.4 Å². The van der Waals surface area contributed by atoms with E-state index in [1.807, 2.05) is 43.3 Å². The van der Waals surface area contributed by atoms with Crippen molar-refractivity contribution in [3.63, 3.8) is 0 Å². The number of rotatable bonds is 12. The molecule has 3 rings (SSSR count). The second-order valence-corrected chi connectivity index (χ2v) is 8.06. The summed E-state index contributed by atoms with van der Waals surface area (Å²) in [5, 5.41) is 4.07. The van der Waals surface area contributed by atoms with Crippen LogP contribution in [0.15, 0.2) is 82.9 Å². The molecule has 182 valence electrons. The second-order valence-electron chi connectivity index (χ2n) is 7.20. The average Bonchev–Trinajstić information content (AvgIpc) is 2.87. The van der Waals surface area contributed by atoms with E-state index in [4.69, 9.17) is 18.9 Å². The lowest BCUT2D eigenvalue weighted by Gasteiger charge is -2.13. The number of methoxy groups -OCH3 is 1. The quantitative estimate of drug-likeness (QED) is 0.180. The average molecular weight is 539 g/mol. The van der Waals surface area contributed by atoms with Crippen LogP contribution in [0.1, 0.15) is 28.4 Å². The SMILES string of the molecule is C=CCOc1c(Br)cc(/C=N/NC(=O)c2ccc(OCc3ccccc3)c(OCC)c2)cc1OC. The van der Waals surface area contributed by atoms with Gasteiger partial charge in [0.05, 0.1) is 24.4 Å². The predicted octanol–water partition coefficient (Wildman–Crippen LogP) is 5.76. The van der Waals surface area contributed by atoms with Gasteiger partial charge in [0.25, 0.3) is 5.91 Å². The number of benzene rings is 3. The van der Waals surface area contributed by atoms with Gasteiger partial charge in [0.15, 0.2) is 23.0 Å². The molecule has 1 amide bonds. The fourth-order valence-electron chi connectivity index (χ4n) is 3.10. The van der Waals surface area contributed by atoms with Gasteiger partial charge in [0.2, 0.25) is 0 Å². The number of ether oxygens (including phenoxy) is 4. The second kappa shape index (κ2) is 13.2. The van der Waals surface area contributed by atoms with Crippen molar-refractivity contribution in [1.82, 2.24) is 5.43 Å². The van der Waals surface area contributed by atoms with Crippen molar-refractivity contribution in [3.05, 3.63) is 94.5 Å². The van der Waals surface area contributed by atoms with Gasteiger partial charge < -0.3 is 18.9 Å². The van der Waals surface area contributed by atoms with Gasteiger partial charge in [0, 0.05) is 5.56 Å². The van der Waals surface area contributed by atoms with E-state index in [-0.39, 0.29) is 5.91 Å². The summed E-state index contributed by atoms with van der Waals surface area (Å²) in [5.41, 5.74) is 4.67. The number of hydrogen-bond acceptors (Lipinski definition) is 6. The van der Waals surface area contributed by atoms with E-state index in [0.29, 0.717) is 58.4 Å². The molecule has 0 spiro atoms. The van der Waals surface area contributed by atoms with Crippen molar-refractivity contribution in [3.8, 4) is 23.0 Å². The maximum absolute atomic E-state index is 12.7. The number of hydrogen-bond donors (Lipinski definition) is 1. The van der Waals surface area contributed by atoms with Crippen LogP contribution in [-0.2, 0) is 6.61 Å². The lowest BCUT2D eigenvalue weighted by atomic mass is 10.2. The lowest BCUT2D eigenvalue weighted by Crippen LogP contribution is -2.17. The van der Waals surface area contributed by atoms with E-state index in [0.717, 1.165) is 5.56 Å². The molecule has 0 saturated carbocycles. The Kier molecular flexibility index (Phi) is 9.74. The Labute approximate surface area is 213 Å². The molecule has 0 saturated heterocycles. The fourth-order valence-corrected chi connectivity index (χ4v) is 3.67. The maximum Gasteiger partial charge on any atom is 0.271 e. The zero-order valence-corrected chi connectivity index (χ0v) is 21.2. The highest BCUT2D eigenvalue weighted by Gasteiger charge is 2.13. The van der Waals surface area contributed by atoms with E-state index in [9.17, 15) is 4.79 Å². The topological polar surface area (TPSA) is 78.4 Å². The van der Waals surface area contributed by atoms with Crippen LogP contribution in [0.2, 0.25) is 0 Å². The van der Waals surface area contributed by atoms with Crippen molar-refractivity contribution in [2.75, 3.05) is 20.3 Å². The molecule has 0 atom stereocenters. The molecule has 0 bridgehead atoms. The van der Waals surface area contributed by atoms with Gasteiger partial charge in [-0.25, -0.2) is 5.43 Å². The minimum atomic E-state index is -0.381. The summed E-state index contributed by atoms with van der Waals surface area (Å²) in [7, 11) is 1.55. The number of halogens is 1. The minimum absolute atomic E-state index is 0.346. The van der Waals surface area contributed by atoms with Gasteiger partial charge in [0.1, 0.15) is 13.2 Å². The normalized spacial score (nSPS) is 10.6. The number of amides is 1. The zero-order chi connectivity index (χ0) is 25.0. The first kappa shape index (κ1) is 25.8. The molecule has 0 aliphatic rings. The number of nitrogens with one attached hydrogen (secondary N) is 1. The van der Waals surface area contributed by atoms with Gasteiger partial charge in [-0.2, -0.15) is 5.10 Å². The summed E-state index contributed by atoms with van der Waals surface area (Å²) >= 11 is 3.47. The zero-order valence-electron chi connectivity index (χ0n) is 19.6. The van der Waals surface area contributed by atoms with E-state index < -0.39 is 0 Å². The lowest BCUT2D eigenvalue weighted by molar-refractivity contribution is 0.0954. The van der Waals surface area contributed by atoms with E-state index >= 15 is 0 Å². The molecular weight excluding hydrogens is 512 g/mol. The molecule has 3 aromatic carbocycles. The van der Waals surface area contributed by atoms with Gasteiger partial charge in [-0.05, 0) is 64.3 Å². The largest absolute Gasteiger partial charge is 0.493 e. The molecule has 3 aromatic rings. The summed E-state index contributed by atoms with van der Waals surface area (Å²) in [5.74, 6) is 1.76. The Hall–Kier alpha value is -3.78. The standard InChI is InChI=1S/C27H27BrN2O5/c1-4-13-34-26-22(28)14-20(15-25(26)32-3)17-29-30-27(31)21-11-12-23(24(16-21)33-5-2)35-18-19-9-7-6-8-10-19/h4,6-12,14-17H,1,5,13,18H2,2-3H3,(H,30,31)/b29-17+. The molecule has 0 aliphatic heterocycles. The molecule has 0 radical (unpaired) electrons. The minimum Gasteiger partial charge on any atom is -0.493 e. The monoisotopic (exact) mass is 538 g/mol. The highest BCUT2D eigenvalue weighted by molar-refractivity contribution is 9.10. The summed E-state index contributed by atoms with van der Waals surface area (Å²) in [6.45, 7) is 6.70. The molecule has 35 heavy (non-hydrogen) atoms. The third-order valence-electron chi connectivity index (χ3n) is 4.72. The number of nitrogens with zero attached hydrogens (tertiary/aromatic N) is 1. The third kappa shape index (κ3) is 7.35. The fraction of sp³-hybridized carbons (Fsp3) is 0.185. The van der Waals surface area contributed by atoms with Crippen molar-refractivity contribution in [1.29, 1.82) is 0 Å². The van der Waals surface area contributed by atoms with E-state index in [2.05, 4.69) is 33.0 Å². The Morgan fingerprint density at radius 1 is 1.03 bits per heavy atom. The number of hydrazone groups is 1. The smallest absolute Gasteiger partial charge is 0.271 e. The van der Waals surface area contributed by atoms with Crippen LogP contribution in [0.4, 0.5) is 0 Å². The maximum atomic E-state index is 12.7. The summed E-state index contributed by atoms with van der Waals surface area (Å²) in [4.78, 5) is 12.7. The number of carbonyl (C=O) groups excluding carboxylic acids is 1. The van der Waals surface area contributed by atoms with Gasteiger partial charge >= 0.3 is 0 Å². The molecule has 0 aliphatic carbocycles. The third-order valence-corrected chi connectivity index (χ3v) is 5.31. The van der Waals surface area contributed by atoms with Gasteiger partial charge in [-0.1, -0.05) is 43.0 Å².